The second-order valence-corrected chi connectivity index (χ2v) is 6.15. The largest absolute Gasteiger partial charge is 1.00 e. The van der Waals surface area contributed by atoms with Crippen molar-refractivity contribution < 1.29 is 17.1 Å². The van der Waals surface area contributed by atoms with Gasteiger partial charge in [0.25, 0.3) is 0 Å². The van der Waals surface area contributed by atoms with Crippen molar-refractivity contribution in [3.63, 3.8) is 0 Å². The lowest BCUT2D eigenvalue weighted by Crippen LogP contribution is -3.00. The zero-order valence-electron chi connectivity index (χ0n) is 13.8. The molecule has 0 aliphatic heterocycles. The van der Waals surface area contributed by atoms with Crippen molar-refractivity contribution >= 4 is 11.8 Å². The van der Waals surface area contributed by atoms with Crippen LogP contribution in [0.2, 0.25) is 0 Å². The molecule has 1 N–H and O–H groups in total. The number of aromatic nitrogens is 4. The summed E-state index contributed by atoms with van der Waals surface area (Å²) >= 11 is 1.63. The molecule has 3 rings (SSSR count). The van der Waals surface area contributed by atoms with Gasteiger partial charge in [-0.2, -0.15) is 4.68 Å². The van der Waals surface area contributed by atoms with Gasteiger partial charge in [0.2, 0.25) is 5.16 Å². The van der Waals surface area contributed by atoms with E-state index in [1.807, 2.05) is 48.5 Å². The minimum atomic E-state index is 0. The van der Waals surface area contributed by atoms with Crippen molar-refractivity contribution in [2.75, 3.05) is 19.4 Å². The van der Waals surface area contributed by atoms with Crippen molar-refractivity contribution in [3.05, 3.63) is 60.2 Å². The molecule has 0 saturated heterocycles. The number of methoxy groups -OCH3 is 1. The Hall–Kier alpha value is -2.09. The Morgan fingerprint density at radius 3 is 2.76 bits per heavy atom. The maximum atomic E-state index is 5.23. The van der Waals surface area contributed by atoms with Crippen molar-refractivity contribution in [1.29, 1.82) is 0 Å². The van der Waals surface area contributed by atoms with Crippen molar-refractivity contribution in [2.45, 2.75) is 11.7 Å². The van der Waals surface area contributed by atoms with Crippen molar-refractivity contribution in [3.8, 4) is 11.4 Å². The highest BCUT2D eigenvalue weighted by atomic mass is 35.5. The number of hydrogen-bond acceptors (Lipinski definition) is 6. The average Bonchev–Trinajstić information content (AvgIpc) is 3.11. The molecule has 132 valence electrons. The highest BCUT2D eigenvalue weighted by molar-refractivity contribution is 7.99. The van der Waals surface area contributed by atoms with Gasteiger partial charge < -0.3 is 22.5 Å². The van der Waals surface area contributed by atoms with E-state index in [0.29, 0.717) is 0 Å². The van der Waals surface area contributed by atoms with E-state index >= 15 is 0 Å². The van der Waals surface area contributed by atoms with Crippen LogP contribution < -0.4 is 22.5 Å². The predicted octanol–water partition coefficient (Wildman–Crippen LogP) is -0.443. The summed E-state index contributed by atoms with van der Waals surface area (Å²) in [5.41, 5.74) is 2.17. The van der Waals surface area contributed by atoms with Crippen LogP contribution in [0.1, 0.15) is 5.56 Å². The van der Waals surface area contributed by atoms with E-state index in [1.54, 1.807) is 23.6 Å². The van der Waals surface area contributed by atoms with Gasteiger partial charge >= 0.3 is 0 Å². The quantitative estimate of drug-likeness (QED) is 0.424. The molecule has 0 fully saturated rings. The van der Waals surface area contributed by atoms with Gasteiger partial charge in [0, 0.05) is 18.8 Å². The Bertz CT molecular complexity index is 768. The van der Waals surface area contributed by atoms with Crippen LogP contribution in [0.25, 0.3) is 5.69 Å². The number of rotatable bonds is 8. The number of tetrazole rings is 1. The normalized spacial score (nSPS) is 10.3. The van der Waals surface area contributed by atoms with Gasteiger partial charge in [-0.05, 0) is 40.3 Å². The highest BCUT2D eigenvalue weighted by Gasteiger charge is 2.08. The molecule has 6 nitrogen and oxygen atoms in total. The van der Waals surface area contributed by atoms with Crippen molar-refractivity contribution in [2.24, 2.45) is 0 Å². The van der Waals surface area contributed by atoms with Gasteiger partial charge in [-0.25, -0.2) is 0 Å². The minimum absolute atomic E-state index is 0. The zero-order chi connectivity index (χ0) is 16.6. The molecule has 3 aromatic rings. The summed E-state index contributed by atoms with van der Waals surface area (Å²) in [7, 11) is 1.68. The molecule has 1 heterocycles. The summed E-state index contributed by atoms with van der Waals surface area (Å²) in [4.78, 5) is 0. The van der Waals surface area contributed by atoms with E-state index in [9.17, 15) is 0 Å². The summed E-state index contributed by atoms with van der Waals surface area (Å²) in [5.74, 6) is 1.77. The third-order valence-electron chi connectivity index (χ3n) is 3.41. The molecule has 1 aromatic heterocycles. The summed E-state index contributed by atoms with van der Waals surface area (Å²) in [5, 5.41) is 16.1. The van der Waals surface area contributed by atoms with Crippen LogP contribution in [0.5, 0.6) is 5.75 Å². The molecule has 25 heavy (non-hydrogen) atoms. The van der Waals surface area contributed by atoms with Gasteiger partial charge in [-0.1, -0.05) is 42.1 Å². The van der Waals surface area contributed by atoms with Gasteiger partial charge in [0.05, 0.1) is 12.8 Å². The second-order valence-electron chi connectivity index (χ2n) is 5.09. The molecule has 0 radical (unpaired) electrons. The zero-order valence-corrected chi connectivity index (χ0v) is 15.4. The van der Waals surface area contributed by atoms with Crippen LogP contribution in [0.15, 0.2) is 59.8 Å². The minimum Gasteiger partial charge on any atom is -1.00 e. The van der Waals surface area contributed by atoms with E-state index in [0.717, 1.165) is 35.4 Å². The van der Waals surface area contributed by atoms with Crippen LogP contribution in [-0.2, 0) is 6.54 Å². The first-order chi connectivity index (χ1) is 11.9. The van der Waals surface area contributed by atoms with E-state index in [1.165, 1.54) is 5.56 Å². The van der Waals surface area contributed by atoms with E-state index in [4.69, 9.17) is 4.74 Å². The third kappa shape index (κ3) is 5.45. The number of nitrogens with one attached hydrogen (secondary N) is 1. The van der Waals surface area contributed by atoms with Gasteiger partial charge in [0.15, 0.2) is 0 Å². The van der Waals surface area contributed by atoms with Crippen LogP contribution in [0, 0.1) is 0 Å². The Kier molecular flexibility index (Phi) is 7.72. The number of hydrogen-bond donors (Lipinski definition) is 1. The lowest BCUT2D eigenvalue weighted by molar-refractivity contribution is -0.00000531. The summed E-state index contributed by atoms with van der Waals surface area (Å²) in [6, 6.07) is 18.0. The Morgan fingerprint density at radius 1 is 1.12 bits per heavy atom. The van der Waals surface area contributed by atoms with Crippen LogP contribution in [-0.4, -0.2) is 39.6 Å². The van der Waals surface area contributed by atoms with Gasteiger partial charge in [-0.15, -0.1) is 5.10 Å². The number of halogens is 1. The summed E-state index contributed by atoms with van der Waals surface area (Å²) in [6.07, 6.45) is 0. The fraction of sp³-hybridized carbons (Fsp3) is 0.235. The summed E-state index contributed by atoms with van der Waals surface area (Å²) in [6.45, 7) is 1.67. The molecule has 8 heteroatoms. The SMILES string of the molecule is COc1cccc(CNCCSc2nnnn2-c2ccccc2)c1.[Cl-]. The topological polar surface area (TPSA) is 64.9 Å². The molecule has 2 aromatic carbocycles. The maximum absolute atomic E-state index is 5.23. The molecular formula is C17H19ClN5OS-. The Labute approximate surface area is 157 Å². The number of thioether (sulfide) groups is 1. The second kappa shape index (κ2) is 10.0. The Balaban J connectivity index is 0.00000225. The van der Waals surface area contributed by atoms with Crippen LogP contribution in [0.4, 0.5) is 0 Å². The molecule has 0 unspecified atom stereocenters. The monoisotopic (exact) mass is 376 g/mol. The molecule has 0 saturated carbocycles. The first-order valence-electron chi connectivity index (χ1n) is 7.67. The molecule has 0 spiro atoms. The number of ether oxygens (including phenoxy) is 1. The fourth-order valence-corrected chi connectivity index (χ4v) is 3.02. The molecule has 0 bridgehead atoms. The lowest BCUT2D eigenvalue weighted by Gasteiger charge is -2.07. The maximum Gasteiger partial charge on any atom is 0.214 e. The first kappa shape index (κ1) is 19.2. The predicted molar refractivity (Wildman–Crippen MR) is 94.6 cm³/mol. The van der Waals surface area contributed by atoms with Crippen molar-refractivity contribution in [1.82, 2.24) is 25.5 Å². The fourth-order valence-electron chi connectivity index (χ4n) is 2.23. The number of nitrogens with zero attached hydrogens (tertiary/aromatic N) is 4. The smallest absolute Gasteiger partial charge is 0.214 e. The highest BCUT2D eigenvalue weighted by Crippen LogP contribution is 2.17. The number of benzene rings is 2. The van der Waals surface area contributed by atoms with Crippen LogP contribution >= 0.6 is 11.8 Å². The van der Waals surface area contributed by atoms with E-state index in [2.05, 4.69) is 26.9 Å². The molecular weight excluding hydrogens is 358 g/mol. The van der Waals surface area contributed by atoms with E-state index in [-0.39, 0.29) is 12.4 Å². The molecule has 0 aliphatic carbocycles. The molecule has 0 amide bonds. The summed E-state index contributed by atoms with van der Waals surface area (Å²) < 4.78 is 6.99. The van der Waals surface area contributed by atoms with Crippen LogP contribution in [0.3, 0.4) is 0 Å². The third-order valence-corrected chi connectivity index (χ3v) is 4.34. The van der Waals surface area contributed by atoms with E-state index < -0.39 is 0 Å². The lowest BCUT2D eigenvalue weighted by atomic mass is 10.2. The molecule has 0 aliphatic rings. The average molecular weight is 377 g/mol. The van der Waals surface area contributed by atoms with Gasteiger partial charge in [-0.3, -0.25) is 0 Å². The molecule has 0 atom stereocenters. The Morgan fingerprint density at radius 2 is 1.96 bits per heavy atom. The van der Waals surface area contributed by atoms with Gasteiger partial charge in [0.1, 0.15) is 5.75 Å². The standard InChI is InChI=1S/C17H19N5OS.ClH/c1-23-16-9-5-6-14(12-16)13-18-10-11-24-17-19-20-21-22(17)15-7-3-2-4-8-15;/h2-9,12,18H,10-11,13H2,1H3;1H/p-1. The number of para-hydroxylation sites is 1. The first-order valence-corrected chi connectivity index (χ1v) is 8.65.